The van der Waals surface area contributed by atoms with E-state index in [9.17, 15) is 4.79 Å². The number of nitrogens with one attached hydrogen (secondary N) is 1. The topological polar surface area (TPSA) is 51.5 Å². The van der Waals surface area contributed by atoms with Gasteiger partial charge in [-0.05, 0) is 24.3 Å². The summed E-state index contributed by atoms with van der Waals surface area (Å²) in [4.78, 5) is 11.3. The van der Waals surface area contributed by atoms with Crippen molar-refractivity contribution in [3.05, 3.63) is 51.9 Å². The van der Waals surface area contributed by atoms with Gasteiger partial charge in [0.1, 0.15) is 12.0 Å². The minimum Gasteiger partial charge on any atom is -0.467 e. The van der Waals surface area contributed by atoms with Gasteiger partial charge >= 0.3 is 5.97 Å². The van der Waals surface area contributed by atoms with E-state index in [1.54, 1.807) is 24.3 Å². The monoisotopic (exact) mass is 299 g/mol. The molecule has 0 saturated carbocycles. The Bertz CT molecular complexity index is 575. The van der Waals surface area contributed by atoms with Crippen molar-refractivity contribution >= 4 is 34.9 Å². The average Bonchev–Trinajstić information content (AvgIpc) is 2.83. The van der Waals surface area contributed by atoms with Gasteiger partial charge in [0.05, 0.1) is 19.2 Å². The van der Waals surface area contributed by atoms with Gasteiger partial charge < -0.3 is 14.5 Å². The zero-order valence-corrected chi connectivity index (χ0v) is 11.6. The summed E-state index contributed by atoms with van der Waals surface area (Å²) in [5, 5.41) is 4.19. The molecule has 0 fully saturated rings. The maximum atomic E-state index is 11.3. The molecule has 2 rings (SSSR count). The van der Waals surface area contributed by atoms with Crippen molar-refractivity contribution < 1.29 is 13.9 Å². The molecule has 6 heteroatoms. The highest BCUT2D eigenvalue weighted by atomic mass is 35.5. The molecular weight excluding hydrogens is 289 g/mol. The summed E-state index contributed by atoms with van der Waals surface area (Å²) in [5.74, 6) is 0.178. The van der Waals surface area contributed by atoms with Crippen molar-refractivity contribution in [1.29, 1.82) is 0 Å². The first-order valence-corrected chi connectivity index (χ1v) is 6.20. The SMILES string of the molecule is COC(=O)c1coc(CNc2cc(Cl)cc(Cl)c2)c1. The lowest BCUT2D eigenvalue weighted by molar-refractivity contribution is 0.0600. The number of furan rings is 1. The predicted octanol–water partition coefficient (Wildman–Crippen LogP) is 3.99. The van der Waals surface area contributed by atoms with Crippen LogP contribution in [0.3, 0.4) is 0 Å². The highest BCUT2D eigenvalue weighted by molar-refractivity contribution is 6.35. The van der Waals surface area contributed by atoms with Crippen LogP contribution in [0.1, 0.15) is 16.1 Å². The lowest BCUT2D eigenvalue weighted by Crippen LogP contribution is -2.00. The molecule has 0 aliphatic rings. The van der Waals surface area contributed by atoms with Crippen molar-refractivity contribution in [2.75, 3.05) is 12.4 Å². The number of hydrogen-bond donors (Lipinski definition) is 1. The van der Waals surface area contributed by atoms with E-state index in [1.807, 2.05) is 0 Å². The van der Waals surface area contributed by atoms with Crippen LogP contribution in [0.25, 0.3) is 0 Å². The summed E-state index contributed by atoms with van der Waals surface area (Å²) >= 11 is 11.8. The van der Waals surface area contributed by atoms with Crippen LogP contribution in [0.4, 0.5) is 5.69 Å². The first kappa shape index (κ1) is 13.8. The molecule has 1 aromatic carbocycles. The Labute approximate surface area is 120 Å². The molecule has 1 N–H and O–H groups in total. The Balaban J connectivity index is 2.02. The maximum absolute atomic E-state index is 11.3. The first-order valence-electron chi connectivity index (χ1n) is 5.44. The average molecular weight is 300 g/mol. The number of carbonyl (C=O) groups is 1. The Morgan fingerprint density at radius 2 is 1.95 bits per heavy atom. The van der Waals surface area contributed by atoms with Crippen LogP contribution in [-0.2, 0) is 11.3 Å². The fraction of sp³-hybridized carbons (Fsp3) is 0.154. The van der Waals surface area contributed by atoms with E-state index in [1.165, 1.54) is 13.4 Å². The summed E-state index contributed by atoms with van der Waals surface area (Å²) in [6.45, 7) is 0.410. The van der Waals surface area contributed by atoms with E-state index in [0.717, 1.165) is 5.69 Å². The van der Waals surface area contributed by atoms with Crippen molar-refractivity contribution in [2.24, 2.45) is 0 Å². The molecule has 1 heterocycles. The molecule has 1 aromatic heterocycles. The van der Waals surface area contributed by atoms with E-state index in [2.05, 4.69) is 10.1 Å². The van der Waals surface area contributed by atoms with Crippen molar-refractivity contribution in [3.8, 4) is 0 Å². The lowest BCUT2D eigenvalue weighted by atomic mass is 10.3. The van der Waals surface area contributed by atoms with Crippen molar-refractivity contribution in [3.63, 3.8) is 0 Å². The van der Waals surface area contributed by atoms with Crippen LogP contribution < -0.4 is 5.32 Å². The van der Waals surface area contributed by atoms with E-state index < -0.39 is 5.97 Å². The third-order valence-electron chi connectivity index (χ3n) is 2.40. The van der Waals surface area contributed by atoms with E-state index in [0.29, 0.717) is 27.9 Å². The molecule has 0 amide bonds. The fourth-order valence-corrected chi connectivity index (χ4v) is 2.07. The Hall–Kier alpha value is -1.65. The van der Waals surface area contributed by atoms with Crippen LogP contribution >= 0.6 is 23.2 Å². The molecule has 100 valence electrons. The van der Waals surface area contributed by atoms with E-state index in [4.69, 9.17) is 27.6 Å². The number of carbonyl (C=O) groups excluding carboxylic acids is 1. The molecule has 0 aliphatic carbocycles. The number of esters is 1. The van der Waals surface area contributed by atoms with Gasteiger partial charge in [-0.2, -0.15) is 0 Å². The summed E-state index contributed by atoms with van der Waals surface area (Å²) in [5.41, 5.74) is 1.15. The minimum absolute atomic E-state index is 0.378. The smallest absolute Gasteiger partial charge is 0.341 e. The van der Waals surface area contributed by atoms with Crippen molar-refractivity contribution in [2.45, 2.75) is 6.54 Å². The number of rotatable bonds is 4. The number of halogens is 2. The van der Waals surface area contributed by atoms with Gasteiger partial charge in [0.2, 0.25) is 0 Å². The zero-order chi connectivity index (χ0) is 13.8. The summed E-state index contributed by atoms with van der Waals surface area (Å²) in [7, 11) is 1.32. The number of anilines is 1. The molecule has 0 bridgehead atoms. The molecule has 0 atom stereocenters. The van der Waals surface area contributed by atoms with Gasteiger partial charge in [0, 0.05) is 15.7 Å². The Morgan fingerprint density at radius 3 is 2.58 bits per heavy atom. The molecule has 2 aromatic rings. The van der Waals surface area contributed by atoms with Crippen molar-refractivity contribution in [1.82, 2.24) is 0 Å². The largest absolute Gasteiger partial charge is 0.467 e. The number of hydrogen-bond acceptors (Lipinski definition) is 4. The third kappa shape index (κ3) is 3.66. The molecule has 0 unspecified atom stereocenters. The Morgan fingerprint density at radius 1 is 1.26 bits per heavy atom. The van der Waals surface area contributed by atoms with Crippen LogP contribution in [0.2, 0.25) is 10.0 Å². The van der Waals surface area contributed by atoms with Crippen LogP contribution in [-0.4, -0.2) is 13.1 Å². The van der Waals surface area contributed by atoms with Gasteiger partial charge in [-0.3, -0.25) is 0 Å². The quantitative estimate of drug-likeness (QED) is 0.868. The third-order valence-corrected chi connectivity index (χ3v) is 2.84. The highest BCUT2D eigenvalue weighted by Crippen LogP contribution is 2.23. The normalized spacial score (nSPS) is 10.3. The molecule has 0 saturated heterocycles. The number of ether oxygens (including phenoxy) is 1. The van der Waals surface area contributed by atoms with Crippen LogP contribution in [0.5, 0.6) is 0 Å². The molecular formula is C13H11Cl2NO3. The van der Waals surface area contributed by atoms with Gasteiger partial charge in [-0.15, -0.1) is 0 Å². The minimum atomic E-state index is -0.430. The highest BCUT2D eigenvalue weighted by Gasteiger charge is 2.10. The molecule has 19 heavy (non-hydrogen) atoms. The molecule has 0 radical (unpaired) electrons. The van der Waals surface area contributed by atoms with E-state index in [-0.39, 0.29) is 0 Å². The number of benzene rings is 1. The molecule has 4 nitrogen and oxygen atoms in total. The second-order valence-electron chi connectivity index (χ2n) is 3.80. The van der Waals surface area contributed by atoms with Gasteiger partial charge in [-0.25, -0.2) is 4.79 Å². The Kier molecular flexibility index (Phi) is 4.35. The van der Waals surface area contributed by atoms with Gasteiger partial charge in [0.15, 0.2) is 0 Å². The molecule has 0 spiro atoms. The summed E-state index contributed by atoms with van der Waals surface area (Å²) in [6, 6.07) is 6.76. The summed E-state index contributed by atoms with van der Waals surface area (Å²) < 4.78 is 9.83. The lowest BCUT2D eigenvalue weighted by Gasteiger charge is -2.05. The van der Waals surface area contributed by atoms with E-state index >= 15 is 0 Å². The summed E-state index contributed by atoms with van der Waals surface area (Å²) in [6.07, 6.45) is 1.35. The first-order chi connectivity index (χ1) is 9.08. The van der Waals surface area contributed by atoms with Crippen LogP contribution in [0, 0.1) is 0 Å². The van der Waals surface area contributed by atoms with Gasteiger partial charge in [-0.1, -0.05) is 23.2 Å². The second kappa shape index (κ2) is 5.99. The fourth-order valence-electron chi connectivity index (χ4n) is 1.54. The maximum Gasteiger partial charge on any atom is 0.341 e. The standard InChI is InChI=1S/C13H11Cl2NO3/c1-18-13(17)8-2-12(19-7-8)6-16-11-4-9(14)3-10(15)5-11/h2-5,7,16H,6H2,1H3. The van der Waals surface area contributed by atoms with Gasteiger partial charge in [0.25, 0.3) is 0 Å². The van der Waals surface area contributed by atoms with Crippen LogP contribution in [0.15, 0.2) is 34.9 Å². The molecule has 0 aliphatic heterocycles. The number of methoxy groups -OCH3 is 1. The second-order valence-corrected chi connectivity index (χ2v) is 4.68. The predicted molar refractivity (Wildman–Crippen MR) is 73.8 cm³/mol. The zero-order valence-electron chi connectivity index (χ0n) is 10.1.